The molecule has 1 aromatic rings. The van der Waals surface area contributed by atoms with Crippen molar-refractivity contribution in [1.82, 2.24) is 25.3 Å². The van der Waals surface area contributed by atoms with Crippen molar-refractivity contribution in [1.29, 1.82) is 0 Å². The summed E-state index contributed by atoms with van der Waals surface area (Å²) in [6.45, 7) is 9.50. The minimum Gasteiger partial charge on any atom is -0.356 e. The minimum absolute atomic E-state index is 0.649. The van der Waals surface area contributed by atoms with Crippen molar-refractivity contribution in [3.8, 4) is 0 Å². The minimum atomic E-state index is 0.649. The van der Waals surface area contributed by atoms with Gasteiger partial charge in [0.2, 0.25) is 0 Å². The van der Waals surface area contributed by atoms with Crippen LogP contribution >= 0.6 is 0 Å². The molecule has 2 rings (SSSR count). The third-order valence-corrected chi connectivity index (χ3v) is 4.25. The molecule has 1 fully saturated rings. The zero-order chi connectivity index (χ0) is 15.8. The molecule has 0 aromatic carbocycles. The molecule has 1 saturated heterocycles. The second kappa shape index (κ2) is 8.78. The van der Waals surface area contributed by atoms with E-state index in [0.29, 0.717) is 6.04 Å². The predicted octanol–water partition coefficient (Wildman–Crippen LogP) is 1.23. The number of nitrogens with one attached hydrogen (secondary N) is 2. The van der Waals surface area contributed by atoms with Gasteiger partial charge >= 0.3 is 0 Å². The number of aryl methyl sites for hydroxylation is 2. The van der Waals surface area contributed by atoms with Crippen molar-refractivity contribution in [2.75, 3.05) is 33.2 Å². The van der Waals surface area contributed by atoms with Gasteiger partial charge in [-0.25, -0.2) is 0 Å². The lowest BCUT2D eigenvalue weighted by Crippen LogP contribution is -2.45. The first kappa shape index (κ1) is 16.8. The predicted molar refractivity (Wildman–Crippen MR) is 91.2 cm³/mol. The number of aromatic nitrogens is 2. The molecule has 6 heteroatoms. The van der Waals surface area contributed by atoms with Crippen molar-refractivity contribution >= 4 is 5.96 Å². The topological polar surface area (TPSA) is 57.5 Å². The van der Waals surface area contributed by atoms with Crippen LogP contribution in [-0.2, 0) is 6.54 Å². The first-order valence-corrected chi connectivity index (χ1v) is 8.40. The van der Waals surface area contributed by atoms with E-state index in [4.69, 9.17) is 0 Å². The van der Waals surface area contributed by atoms with Gasteiger partial charge in [0.1, 0.15) is 0 Å². The van der Waals surface area contributed by atoms with E-state index in [1.807, 2.05) is 17.9 Å². The summed E-state index contributed by atoms with van der Waals surface area (Å²) in [5, 5.41) is 11.1. The summed E-state index contributed by atoms with van der Waals surface area (Å²) in [6.07, 6.45) is 7.61. The molecule has 0 radical (unpaired) electrons. The van der Waals surface area contributed by atoms with E-state index in [9.17, 15) is 0 Å². The maximum Gasteiger partial charge on any atom is 0.191 e. The number of hydrogen-bond acceptors (Lipinski definition) is 3. The first-order valence-electron chi connectivity index (χ1n) is 8.40. The van der Waals surface area contributed by atoms with E-state index in [2.05, 4.69) is 45.7 Å². The quantitative estimate of drug-likeness (QED) is 0.452. The van der Waals surface area contributed by atoms with E-state index in [1.54, 1.807) is 0 Å². The molecule has 0 amide bonds. The maximum atomic E-state index is 4.30. The molecule has 1 aliphatic rings. The molecule has 1 aromatic heterocycles. The third-order valence-electron chi connectivity index (χ3n) is 4.25. The highest BCUT2D eigenvalue weighted by Gasteiger charge is 2.22. The van der Waals surface area contributed by atoms with Gasteiger partial charge in [0, 0.05) is 38.9 Å². The Balaban J connectivity index is 1.63. The maximum absolute atomic E-state index is 4.30. The number of likely N-dealkylation sites (tertiary alicyclic amines) is 1. The largest absolute Gasteiger partial charge is 0.356 e. The van der Waals surface area contributed by atoms with Gasteiger partial charge < -0.3 is 10.6 Å². The van der Waals surface area contributed by atoms with E-state index < -0.39 is 0 Å². The molecule has 124 valence electrons. The van der Waals surface area contributed by atoms with E-state index in [0.717, 1.165) is 38.6 Å². The summed E-state index contributed by atoms with van der Waals surface area (Å²) in [5.41, 5.74) is 1.21. The molecule has 0 saturated carbocycles. The van der Waals surface area contributed by atoms with Gasteiger partial charge in [0.15, 0.2) is 5.96 Å². The third kappa shape index (κ3) is 5.02. The van der Waals surface area contributed by atoms with Crippen molar-refractivity contribution in [2.24, 2.45) is 4.99 Å². The number of likely N-dealkylation sites (N-methyl/N-ethyl adjacent to an activating group) is 1. The second-order valence-electron chi connectivity index (χ2n) is 5.94. The van der Waals surface area contributed by atoms with Crippen molar-refractivity contribution in [2.45, 2.75) is 45.7 Å². The van der Waals surface area contributed by atoms with Gasteiger partial charge in [-0.1, -0.05) is 6.92 Å². The average molecular weight is 306 g/mol. The molecule has 1 unspecified atom stereocenters. The zero-order valence-electron chi connectivity index (χ0n) is 14.2. The summed E-state index contributed by atoms with van der Waals surface area (Å²) < 4.78 is 1.99. The summed E-state index contributed by atoms with van der Waals surface area (Å²) in [7, 11) is 1.83. The van der Waals surface area contributed by atoms with Crippen LogP contribution in [0.25, 0.3) is 0 Å². The molecule has 0 bridgehead atoms. The Morgan fingerprint density at radius 1 is 1.45 bits per heavy atom. The average Bonchev–Trinajstić information content (AvgIpc) is 3.15. The van der Waals surface area contributed by atoms with Crippen LogP contribution in [0.4, 0.5) is 0 Å². The van der Waals surface area contributed by atoms with Gasteiger partial charge in [0.25, 0.3) is 0 Å². The van der Waals surface area contributed by atoms with Gasteiger partial charge in [-0.2, -0.15) is 5.10 Å². The summed E-state index contributed by atoms with van der Waals surface area (Å²) >= 11 is 0. The molecule has 6 nitrogen and oxygen atoms in total. The fourth-order valence-electron chi connectivity index (χ4n) is 3.01. The van der Waals surface area contributed by atoms with Crippen LogP contribution in [0.1, 0.15) is 31.7 Å². The lowest BCUT2D eigenvalue weighted by molar-refractivity contribution is 0.267. The summed E-state index contributed by atoms with van der Waals surface area (Å²) in [6, 6.07) is 0.649. The van der Waals surface area contributed by atoms with E-state index in [1.165, 1.54) is 24.9 Å². The first-order chi connectivity index (χ1) is 10.7. The van der Waals surface area contributed by atoms with Crippen LogP contribution in [0, 0.1) is 6.92 Å². The second-order valence-corrected chi connectivity index (χ2v) is 5.94. The Morgan fingerprint density at radius 3 is 3.00 bits per heavy atom. The number of hydrogen-bond donors (Lipinski definition) is 2. The highest BCUT2D eigenvalue weighted by atomic mass is 15.3. The molecule has 0 spiro atoms. The summed E-state index contributed by atoms with van der Waals surface area (Å²) in [4.78, 5) is 6.84. The zero-order valence-corrected chi connectivity index (χ0v) is 14.2. The Hall–Kier alpha value is -1.56. The van der Waals surface area contributed by atoms with Gasteiger partial charge in [-0.05, 0) is 44.8 Å². The highest BCUT2D eigenvalue weighted by molar-refractivity contribution is 5.79. The van der Waals surface area contributed by atoms with Crippen LogP contribution in [-0.4, -0.2) is 59.9 Å². The number of nitrogens with zero attached hydrogens (tertiary/aromatic N) is 4. The molecule has 1 atom stereocenters. The Labute approximate surface area is 134 Å². The molecular formula is C16H30N6. The summed E-state index contributed by atoms with van der Waals surface area (Å²) in [5.74, 6) is 0.902. The van der Waals surface area contributed by atoms with Gasteiger partial charge in [-0.15, -0.1) is 0 Å². The lowest BCUT2D eigenvalue weighted by Gasteiger charge is -2.23. The van der Waals surface area contributed by atoms with Gasteiger partial charge in [-0.3, -0.25) is 14.6 Å². The Kier molecular flexibility index (Phi) is 6.71. The van der Waals surface area contributed by atoms with Crippen molar-refractivity contribution in [3.05, 3.63) is 18.0 Å². The molecule has 1 aliphatic heterocycles. The molecular weight excluding hydrogens is 276 g/mol. The number of rotatable bonds is 7. The van der Waals surface area contributed by atoms with Gasteiger partial charge in [0.05, 0.1) is 6.20 Å². The molecule has 0 aliphatic carbocycles. The smallest absolute Gasteiger partial charge is 0.191 e. The highest BCUT2D eigenvalue weighted by Crippen LogP contribution is 2.15. The standard InChI is InChI=1S/C16H30N6/c1-4-21-9-5-7-15(21)12-19-16(17-3)18-8-6-10-22-13-14(2)11-20-22/h11,13,15H,4-10,12H2,1-3H3,(H2,17,18,19). The van der Waals surface area contributed by atoms with Crippen LogP contribution in [0.2, 0.25) is 0 Å². The number of aliphatic imine (C=N–C) groups is 1. The number of guanidine groups is 1. The fraction of sp³-hybridized carbons (Fsp3) is 0.750. The Morgan fingerprint density at radius 2 is 2.32 bits per heavy atom. The van der Waals surface area contributed by atoms with Crippen molar-refractivity contribution < 1.29 is 0 Å². The normalized spacial score (nSPS) is 19.6. The van der Waals surface area contributed by atoms with E-state index in [-0.39, 0.29) is 0 Å². The van der Waals surface area contributed by atoms with Crippen LogP contribution < -0.4 is 10.6 Å². The SMILES string of the molecule is CCN1CCCC1CNC(=NC)NCCCn1cc(C)cn1. The molecule has 22 heavy (non-hydrogen) atoms. The molecule has 2 heterocycles. The fourth-order valence-corrected chi connectivity index (χ4v) is 3.01. The van der Waals surface area contributed by atoms with Crippen LogP contribution in [0.5, 0.6) is 0 Å². The van der Waals surface area contributed by atoms with Crippen LogP contribution in [0.3, 0.4) is 0 Å². The van der Waals surface area contributed by atoms with Crippen LogP contribution in [0.15, 0.2) is 17.4 Å². The monoisotopic (exact) mass is 306 g/mol. The lowest BCUT2D eigenvalue weighted by atomic mass is 10.2. The van der Waals surface area contributed by atoms with Crippen molar-refractivity contribution in [3.63, 3.8) is 0 Å². The Bertz CT molecular complexity index is 467. The van der Waals surface area contributed by atoms with E-state index >= 15 is 0 Å². The molecule has 2 N–H and O–H groups in total.